The van der Waals surface area contributed by atoms with Crippen molar-refractivity contribution in [3.8, 4) is 0 Å². The molecule has 0 bridgehead atoms. The molecular weight excluding hydrogens is 324 g/mol. The molecule has 0 radical (unpaired) electrons. The van der Waals surface area contributed by atoms with Crippen molar-refractivity contribution < 1.29 is 0 Å². The molecule has 0 aliphatic carbocycles. The highest BCUT2D eigenvalue weighted by Gasteiger charge is 2.11. The van der Waals surface area contributed by atoms with Gasteiger partial charge in [0.05, 0.1) is 11.6 Å². The van der Waals surface area contributed by atoms with Crippen molar-refractivity contribution in [3.05, 3.63) is 75.4 Å². The van der Waals surface area contributed by atoms with E-state index >= 15 is 0 Å². The number of halogens is 1. The van der Waals surface area contributed by atoms with E-state index in [4.69, 9.17) is 5.73 Å². The van der Waals surface area contributed by atoms with Crippen molar-refractivity contribution in [3.63, 3.8) is 0 Å². The van der Waals surface area contributed by atoms with Gasteiger partial charge >= 0.3 is 0 Å². The van der Waals surface area contributed by atoms with Crippen LogP contribution >= 0.6 is 15.9 Å². The van der Waals surface area contributed by atoms with Gasteiger partial charge in [-0.2, -0.15) is 0 Å². The first-order chi connectivity index (χ1) is 10.0. The Kier molecular flexibility index (Phi) is 3.79. The number of rotatable bonds is 2. The summed E-state index contributed by atoms with van der Waals surface area (Å²) in [4.78, 5) is 4.53. The summed E-state index contributed by atoms with van der Waals surface area (Å²) < 4.78 is 1.09. The van der Waals surface area contributed by atoms with E-state index in [2.05, 4.69) is 64.2 Å². The van der Waals surface area contributed by atoms with Crippen molar-refractivity contribution in [2.75, 3.05) is 0 Å². The number of aromatic nitrogens is 1. The molecule has 3 aromatic rings. The third kappa shape index (κ3) is 2.85. The van der Waals surface area contributed by atoms with E-state index in [1.54, 1.807) is 0 Å². The van der Waals surface area contributed by atoms with Crippen LogP contribution in [0.25, 0.3) is 10.9 Å². The van der Waals surface area contributed by atoms with Crippen LogP contribution in [0.5, 0.6) is 0 Å². The smallest absolute Gasteiger partial charge is 0.0705 e. The van der Waals surface area contributed by atoms with Crippen molar-refractivity contribution in [2.24, 2.45) is 5.73 Å². The maximum atomic E-state index is 6.41. The van der Waals surface area contributed by atoms with Crippen LogP contribution < -0.4 is 5.73 Å². The molecule has 0 amide bonds. The number of benzene rings is 2. The van der Waals surface area contributed by atoms with Gasteiger partial charge in [-0.3, -0.25) is 4.98 Å². The lowest BCUT2D eigenvalue weighted by molar-refractivity contribution is 0.871. The standard InChI is InChI=1S/C18H17BrN2/c1-11-3-5-15(10-16(11)19)18(20)14-7-8-17-13(9-14)6-4-12(2)21-17/h3-10,18H,20H2,1-2H3. The summed E-state index contributed by atoms with van der Waals surface area (Å²) in [5.74, 6) is 0. The van der Waals surface area contributed by atoms with E-state index in [1.165, 1.54) is 5.56 Å². The molecule has 2 nitrogen and oxygen atoms in total. The Bertz CT molecular complexity index is 811. The molecule has 0 spiro atoms. The molecule has 2 aromatic carbocycles. The first kappa shape index (κ1) is 14.2. The van der Waals surface area contributed by atoms with Crippen LogP contribution in [0.15, 0.2) is 53.0 Å². The van der Waals surface area contributed by atoms with Crippen molar-refractivity contribution in [2.45, 2.75) is 19.9 Å². The lowest BCUT2D eigenvalue weighted by Gasteiger charge is -2.14. The molecule has 0 aliphatic heterocycles. The summed E-state index contributed by atoms with van der Waals surface area (Å²) in [6, 6.07) is 16.5. The van der Waals surface area contributed by atoms with E-state index in [0.29, 0.717) is 0 Å². The van der Waals surface area contributed by atoms with Gasteiger partial charge in [0.15, 0.2) is 0 Å². The Labute approximate surface area is 133 Å². The number of pyridine rings is 1. The molecule has 0 saturated carbocycles. The van der Waals surface area contributed by atoms with E-state index in [9.17, 15) is 0 Å². The molecule has 3 rings (SSSR count). The second-order valence-corrected chi connectivity index (χ2v) is 6.25. The van der Waals surface area contributed by atoms with Gasteiger partial charge in [-0.25, -0.2) is 0 Å². The number of hydrogen-bond donors (Lipinski definition) is 1. The third-order valence-electron chi connectivity index (χ3n) is 3.77. The molecule has 1 atom stereocenters. The normalized spacial score (nSPS) is 12.6. The zero-order valence-corrected chi connectivity index (χ0v) is 13.7. The van der Waals surface area contributed by atoms with Crippen molar-refractivity contribution >= 4 is 26.8 Å². The van der Waals surface area contributed by atoms with E-state index in [1.807, 2.05) is 19.1 Å². The van der Waals surface area contributed by atoms with Crippen LogP contribution in [-0.4, -0.2) is 4.98 Å². The molecule has 106 valence electrons. The fourth-order valence-corrected chi connectivity index (χ4v) is 2.83. The molecule has 3 heteroatoms. The lowest BCUT2D eigenvalue weighted by Crippen LogP contribution is -2.12. The molecule has 1 heterocycles. The molecule has 21 heavy (non-hydrogen) atoms. The minimum absolute atomic E-state index is 0.132. The molecule has 0 aliphatic rings. The monoisotopic (exact) mass is 340 g/mol. The van der Waals surface area contributed by atoms with Crippen LogP contribution in [0.3, 0.4) is 0 Å². The van der Waals surface area contributed by atoms with Gasteiger partial charge in [-0.05, 0) is 54.8 Å². The average Bonchev–Trinajstić information content (AvgIpc) is 2.49. The first-order valence-corrected chi connectivity index (χ1v) is 7.73. The van der Waals surface area contributed by atoms with E-state index < -0.39 is 0 Å². The number of nitrogens with zero attached hydrogens (tertiary/aromatic N) is 1. The summed E-state index contributed by atoms with van der Waals surface area (Å²) in [6.45, 7) is 4.08. The molecule has 0 fully saturated rings. The van der Waals surface area contributed by atoms with E-state index in [-0.39, 0.29) is 6.04 Å². The fourth-order valence-electron chi connectivity index (χ4n) is 2.43. The Morgan fingerprint density at radius 1 is 0.952 bits per heavy atom. The second-order valence-electron chi connectivity index (χ2n) is 5.39. The molecule has 0 saturated heterocycles. The highest BCUT2D eigenvalue weighted by atomic mass is 79.9. The highest BCUT2D eigenvalue weighted by molar-refractivity contribution is 9.10. The Hall–Kier alpha value is -1.71. The van der Waals surface area contributed by atoms with Crippen molar-refractivity contribution in [1.29, 1.82) is 0 Å². The molecule has 1 unspecified atom stereocenters. The summed E-state index contributed by atoms with van der Waals surface area (Å²) in [7, 11) is 0. The highest BCUT2D eigenvalue weighted by Crippen LogP contribution is 2.26. The van der Waals surface area contributed by atoms with Gasteiger partial charge in [-0.1, -0.05) is 40.2 Å². The predicted molar refractivity (Wildman–Crippen MR) is 91.4 cm³/mol. The molecule has 2 N–H and O–H groups in total. The number of nitrogens with two attached hydrogens (primary N) is 1. The van der Waals surface area contributed by atoms with Gasteiger partial charge in [-0.15, -0.1) is 0 Å². The summed E-state index contributed by atoms with van der Waals surface area (Å²) in [5, 5.41) is 1.12. The van der Waals surface area contributed by atoms with Gasteiger partial charge in [0, 0.05) is 15.6 Å². The quantitative estimate of drug-likeness (QED) is 0.736. The summed E-state index contributed by atoms with van der Waals surface area (Å²) >= 11 is 3.57. The maximum Gasteiger partial charge on any atom is 0.0705 e. The van der Waals surface area contributed by atoms with Gasteiger partial charge in [0.2, 0.25) is 0 Å². The topological polar surface area (TPSA) is 38.9 Å². The number of aryl methyl sites for hydroxylation is 2. The largest absolute Gasteiger partial charge is 0.320 e. The molecule has 1 aromatic heterocycles. The van der Waals surface area contributed by atoms with Crippen molar-refractivity contribution in [1.82, 2.24) is 4.98 Å². The molecular formula is C18H17BrN2. The third-order valence-corrected chi connectivity index (χ3v) is 4.62. The van der Waals surface area contributed by atoms with Crippen LogP contribution in [-0.2, 0) is 0 Å². The van der Waals surface area contributed by atoms with Crippen LogP contribution in [0.1, 0.15) is 28.4 Å². The van der Waals surface area contributed by atoms with Gasteiger partial charge in [0.1, 0.15) is 0 Å². The Morgan fingerprint density at radius 2 is 1.67 bits per heavy atom. The number of fused-ring (bicyclic) bond motifs is 1. The van der Waals surface area contributed by atoms with Crippen LogP contribution in [0, 0.1) is 13.8 Å². The zero-order valence-electron chi connectivity index (χ0n) is 12.1. The first-order valence-electron chi connectivity index (χ1n) is 6.93. The summed E-state index contributed by atoms with van der Waals surface area (Å²) in [5.41, 5.74) is 11.9. The van der Waals surface area contributed by atoms with Gasteiger partial charge < -0.3 is 5.73 Å². The average molecular weight is 341 g/mol. The van der Waals surface area contributed by atoms with E-state index in [0.717, 1.165) is 32.2 Å². The fraction of sp³-hybridized carbons (Fsp3) is 0.167. The predicted octanol–water partition coefficient (Wildman–Crippen LogP) is 4.66. The number of hydrogen-bond acceptors (Lipinski definition) is 2. The minimum Gasteiger partial charge on any atom is -0.320 e. The Morgan fingerprint density at radius 3 is 2.43 bits per heavy atom. The van der Waals surface area contributed by atoms with Crippen LogP contribution in [0.4, 0.5) is 0 Å². The minimum atomic E-state index is -0.132. The second kappa shape index (κ2) is 5.58. The maximum absolute atomic E-state index is 6.41. The Balaban J connectivity index is 2.02. The SMILES string of the molecule is Cc1ccc2cc(C(N)c3ccc(C)c(Br)c3)ccc2n1. The lowest BCUT2D eigenvalue weighted by atomic mass is 9.97. The van der Waals surface area contributed by atoms with Gasteiger partial charge in [0.25, 0.3) is 0 Å². The summed E-state index contributed by atoms with van der Waals surface area (Å²) in [6.07, 6.45) is 0. The van der Waals surface area contributed by atoms with Crippen LogP contribution in [0.2, 0.25) is 0 Å². The zero-order chi connectivity index (χ0) is 15.0.